The summed E-state index contributed by atoms with van der Waals surface area (Å²) >= 11 is 0. The minimum Gasteiger partial charge on any atom is -0.469 e. The monoisotopic (exact) mass is 351 g/mol. The van der Waals surface area contributed by atoms with Crippen LogP contribution in [0, 0.1) is 17.8 Å². The van der Waals surface area contributed by atoms with Crippen molar-refractivity contribution >= 4 is 5.97 Å². The Morgan fingerprint density at radius 1 is 1.44 bits per heavy atom. The van der Waals surface area contributed by atoms with Crippen LogP contribution in [0.4, 0.5) is 0 Å². The van der Waals surface area contributed by atoms with Crippen LogP contribution in [0.25, 0.3) is 0 Å². The number of rotatable bonds is 11. The van der Waals surface area contributed by atoms with E-state index in [-0.39, 0.29) is 18.5 Å². The molecule has 2 aliphatic carbocycles. The summed E-state index contributed by atoms with van der Waals surface area (Å²) in [4.78, 5) is 16.4. The lowest BCUT2D eigenvalue weighted by atomic mass is 9.92. The van der Waals surface area contributed by atoms with Gasteiger partial charge in [0.05, 0.1) is 26.2 Å². The molecule has 0 radical (unpaired) electrons. The van der Waals surface area contributed by atoms with Gasteiger partial charge in [0.15, 0.2) is 0 Å². The van der Waals surface area contributed by atoms with Gasteiger partial charge >= 0.3 is 5.97 Å². The van der Waals surface area contributed by atoms with Crippen molar-refractivity contribution in [2.24, 2.45) is 17.8 Å². The molecule has 0 saturated heterocycles. The SMILES string of the molecule is CCCCCC(O)C=C[C@@H]1CC[C@@H]2CC(NOCCC(=O)OC)=C[C@H]21. The Hall–Kier alpha value is -1.33. The highest BCUT2D eigenvalue weighted by Crippen LogP contribution is 2.46. The molecule has 0 heterocycles. The molecule has 5 nitrogen and oxygen atoms in total. The Kier molecular flexibility index (Phi) is 8.49. The molecule has 1 fully saturated rings. The molecule has 2 aliphatic rings. The number of fused-ring (bicyclic) bond motifs is 1. The Morgan fingerprint density at radius 3 is 3.04 bits per heavy atom. The first-order chi connectivity index (χ1) is 12.1. The Bertz CT molecular complexity index is 474. The molecule has 0 amide bonds. The van der Waals surface area contributed by atoms with E-state index in [1.54, 1.807) is 0 Å². The van der Waals surface area contributed by atoms with Crippen LogP contribution in [0.3, 0.4) is 0 Å². The molecule has 0 bridgehead atoms. The van der Waals surface area contributed by atoms with E-state index in [9.17, 15) is 9.90 Å². The number of ether oxygens (including phenoxy) is 1. The number of nitrogens with one attached hydrogen (secondary N) is 1. The van der Waals surface area contributed by atoms with Crippen molar-refractivity contribution < 1.29 is 19.5 Å². The van der Waals surface area contributed by atoms with Crippen molar-refractivity contribution in [3.05, 3.63) is 23.9 Å². The zero-order valence-electron chi connectivity index (χ0n) is 15.6. The van der Waals surface area contributed by atoms with E-state index in [0.717, 1.165) is 25.0 Å². The maximum atomic E-state index is 11.0. The third-order valence-electron chi connectivity index (χ3n) is 5.31. The molecule has 4 atom stereocenters. The molecule has 5 heteroatoms. The molecular formula is C20H33NO4. The number of carbonyl (C=O) groups excluding carboxylic acids is 1. The summed E-state index contributed by atoms with van der Waals surface area (Å²) in [6.07, 6.45) is 14.2. The quantitative estimate of drug-likeness (QED) is 0.258. The maximum Gasteiger partial charge on any atom is 0.307 e. The van der Waals surface area contributed by atoms with Crippen molar-refractivity contribution in [2.75, 3.05) is 13.7 Å². The first-order valence-electron chi connectivity index (χ1n) is 9.65. The van der Waals surface area contributed by atoms with E-state index in [1.165, 1.54) is 32.8 Å². The number of hydrogen-bond acceptors (Lipinski definition) is 5. The van der Waals surface area contributed by atoms with Crippen LogP contribution in [-0.2, 0) is 14.4 Å². The van der Waals surface area contributed by atoms with Gasteiger partial charge in [-0.3, -0.25) is 15.1 Å². The fraction of sp³-hybridized carbons (Fsp3) is 0.750. The van der Waals surface area contributed by atoms with E-state index >= 15 is 0 Å². The summed E-state index contributed by atoms with van der Waals surface area (Å²) in [7, 11) is 1.38. The first-order valence-corrected chi connectivity index (χ1v) is 9.65. The van der Waals surface area contributed by atoms with E-state index in [2.05, 4.69) is 29.3 Å². The van der Waals surface area contributed by atoms with Gasteiger partial charge in [-0.25, -0.2) is 0 Å². The van der Waals surface area contributed by atoms with Gasteiger partial charge in [-0.2, -0.15) is 0 Å². The number of unbranched alkanes of at least 4 members (excludes halogenated alkanes) is 2. The molecule has 0 spiro atoms. The number of allylic oxidation sites excluding steroid dienone is 3. The summed E-state index contributed by atoms with van der Waals surface area (Å²) in [6, 6.07) is 0. The van der Waals surface area contributed by atoms with Crippen molar-refractivity contribution in [1.82, 2.24) is 5.48 Å². The van der Waals surface area contributed by atoms with E-state index in [1.807, 2.05) is 6.08 Å². The lowest BCUT2D eigenvalue weighted by Crippen LogP contribution is -2.16. The zero-order chi connectivity index (χ0) is 18.1. The summed E-state index contributed by atoms with van der Waals surface area (Å²) in [6.45, 7) is 2.49. The molecule has 142 valence electrons. The van der Waals surface area contributed by atoms with Gasteiger partial charge in [-0.15, -0.1) is 0 Å². The highest BCUT2D eigenvalue weighted by atomic mass is 16.6. The predicted molar refractivity (Wildman–Crippen MR) is 97.4 cm³/mol. The van der Waals surface area contributed by atoms with E-state index in [0.29, 0.717) is 24.4 Å². The fourth-order valence-corrected chi connectivity index (χ4v) is 3.87. The van der Waals surface area contributed by atoms with E-state index < -0.39 is 0 Å². The number of hydrogen-bond donors (Lipinski definition) is 2. The standard InChI is InChI=1S/C20H33NO4/c1-3-4-5-6-18(22)10-9-15-7-8-16-13-17(14-19(15)16)21-25-12-11-20(23)24-2/h9-10,14-16,18-19,21-22H,3-8,11-13H2,1-2H3/t15-,16+,18?,19-/m0/s1. The van der Waals surface area contributed by atoms with Gasteiger partial charge in [-0.05, 0) is 43.4 Å². The highest BCUT2D eigenvalue weighted by Gasteiger charge is 2.37. The molecule has 0 aromatic carbocycles. The third-order valence-corrected chi connectivity index (χ3v) is 5.31. The summed E-state index contributed by atoms with van der Waals surface area (Å²) in [5.41, 5.74) is 4.10. The topological polar surface area (TPSA) is 67.8 Å². The van der Waals surface area contributed by atoms with Crippen LogP contribution in [0.5, 0.6) is 0 Å². The molecule has 0 aromatic rings. The second kappa shape index (κ2) is 10.6. The molecule has 25 heavy (non-hydrogen) atoms. The lowest BCUT2D eigenvalue weighted by Gasteiger charge is -2.13. The number of hydroxylamine groups is 1. The largest absolute Gasteiger partial charge is 0.469 e. The molecule has 1 saturated carbocycles. The zero-order valence-corrected chi connectivity index (χ0v) is 15.6. The number of aliphatic hydroxyl groups excluding tert-OH is 1. The molecular weight excluding hydrogens is 318 g/mol. The fourth-order valence-electron chi connectivity index (χ4n) is 3.87. The molecule has 2 rings (SSSR count). The Morgan fingerprint density at radius 2 is 2.28 bits per heavy atom. The summed E-state index contributed by atoms with van der Waals surface area (Å²) in [5.74, 6) is 1.45. The second-order valence-electron chi connectivity index (χ2n) is 7.20. The van der Waals surface area contributed by atoms with Crippen LogP contribution in [0.15, 0.2) is 23.9 Å². The number of esters is 1. The van der Waals surface area contributed by atoms with Crippen molar-refractivity contribution in [3.8, 4) is 0 Å². The second-order valence-corrected chi connectivity index (χ2v) is 7.20. The minimum atomic E-state index is -0.310. The predicted octanol–water partition coefficient (Wildman–Crippen LogP) is 3.50. The van der Waals surface area contributed by atoms with E-state index in [4.69, 9.17) is 4.84 Å². The van der Waals surface area contributed by atoms with Crippen LogP contribution in [-0.4, -0.2) is 30.9 Å². The Balaban J connectivity index is 1.73. The first kappa shape index (κ1) is 20.0. The van der Waals surface area contributed by atoms with Crippen LogP contribution in [0.2, 0.25) is 0 Å². The van der Waals surface area contributed by atoms with Gasteiger partial charge in [0.25, 0.3) is 0 Å². The van der Waals surface area contributed by atoms with Gasteiger partial charge < -0.3 is 9.84 Å². The average Bonchev–Trinajstić information content (AvgIpc) is 3.17. The molecule has 0 aliphatic heterocycles. The lowest BCUT2D eigenvalue weighted by molar-refractivity contribution is -0.142. The van der Waals surface area contributed by atoms with Crippen molar-refractivity contribution in [1.29, 1.82) is 0 Å². The molecule has 2 N–H and O–H groups in total. The third kappa shape index (κ3) is 6.48. The number of aliphatic hydroxyl groups is 1. The van der Waals surface area contributed by atoms with Crippen LogP contribution >= 0.6 is 0 Å². The highest BCUT2D eigenvalue weighted by molar-refractivity contribution is 5.69. The van der Waals surface area contributed by atoms with Gasteiger partial charge in [0.1, 0.15) is 0 Å². The van der Waals surface area contributed by atoms with Crippen molar-refractivity contribution in [3.63, 3.8) is 0 Å². The molecule has 1 unspecified atom stereocenters. The maximum absolute atomic E-state index is 11.0. The summed E-state index contributed by atoms with van der Waals surface area (Å²) < 4.78 is 4.58. The molecule has 0 aromatic heterocycles. The smallest absolute Gasteiger partial charge is 0.307 e. The van der Waals surface area contributed by atoms with Gasteiger partial charge in [-0.1, -0.05) is 44.4 Å². The minimum absolute atomic E-state index is 0.255. The van der Waals surface area contributed by atoms with Crippen LogP contribution < -0.4 is 5.48 Å². The average molecular weight is 351 g/mol. The van der Waals surface area contributed by atoms with Gasteiger partial charge in [0, 0.05) is 5.70 Å². The Labute approximate surface area is 151 Å². The van der Waals surface area contributed by atoms with Gasteiger partial charge in [0.2, 0.25) is 0 Å². The number of methoxy groups -OCH3 is 1. The normalized spacial score (nSPS) is 26.5. The van der Waals surface area contributed by atoms with Crippen molar-refractivity contribution in [2.45, 2.75) is 64.4 Å². The number of carbonyl (C=O) groups is 1. The summed E-state index contributed by atoms with van der Waals surface area (Å²) in [5, 5.41) is 10.1. The van der Waals surface area contributed by atoms with Crippen LogP contribution in [0.1, 0.15) is 58.3 Å².